The van der Waals surface area contributed by atoms with Gasteiger partial charge in [-0.25, -0.2) is 4.98 Å². The van der Waals surface area contributed by atoms with E-state index < -0.39 is 5.97 Å². The Kier molecular flexibility index (Phi) is 2.45. The second-order valence-electron chi connectivity index (χ2n) is 2.96. The van der Waals surface area contributed by atoms with Gasteiger partial charge in [0, 0.05) is 12.4 Å². The van der Waals surface area contributed by atoms with E-state index in [1.165, 1.54) is 6.26 Å². The van der Waals surface area contributed by atoms with Gasteiger partial charge >= 0.3 is 5.97 Å². The Hall–Kier alpha value is -2.17. The maximum absolute atomic E-state index is 10.4. The SMILES string of the molecule is O=C(O)Cc1coc(-c2cccnc2)n1. The minimum Gasteiger partial charge on any atom is -0.481 e. The van der Waals surface area contributed by atoms with Crippen molar-refractivity contribution in [1.82, 2.24) is 9.97 Å². The lowest BCUT2D eigenvalue weighted by Gasteiger charge is -1.91. The molecule has 0 unspecified atom stereocenters. The minimum absolute atomic E-state index is 0.135. The summed E-state index contributed by atoms with van der Waals surface area (Å²) in [4.78, 5) is 18.4. The Morgan fingerprint density at radius 2 is 2.40 bits per heavy atom. The van der Waals surface area contributed by atoms with Crippen LogP contribution in [0.5, 0.6) is 0 Å². The molecule has 1 N–H and O–H groups in total. The molecule has 0 fully saturated rings. The molecule has 0 bridgehead atoms. The van der Waals surface area contributed by atoms with E-state index in [0.29, 0.717) is 11.6 Å². The number of aromatic nitrogens is 2. The maximum Gasteiger partial charge on any atom is 0.309 e. The second-order valence-corrected chi connectivity index (χ2v) is 2.96. The smallest absolute Gasteiger partial charge is 0.309 e. The molecule has 0 saturated carbocycles. The van der Waals surface area contributed by atoms with Crippen LogP contribution in [0.2, 0.25) is 0 Å². The molecule has 0 radical (unpaired) electrons. The summed E-state index contributed by atoms with van der Waals surface area (Å²) in [6.07, 6.45) is 4.46. The molecule has 0 aliphatic heterocycles. The summed E-state index contributed by atoms with van der Waals surface area (Å²) in [5, 5.41) is 8.55. The van der Waals surface area contributed by atoms with Crippen molar-refractivity contribution in [2.45, 2.75) is 6.42 Å². The topological polar surface area (TPSA) is 76.2 Å². The molecular formula is C10H8N2O3. The quantitative estimate of drug-likeness (QED) is 0.816. The third-order valence-electron chi connectivity index (χ3n) is 1.79. The maximum atomic E-state index is 10.4. The molecule has 0 saturated heterocycles. The second kappa shape index (κ2) is 3.91. The van der Waals surface area contributed by atoms with E-state index in [-0.39, 0.29) is 6.42 Å². The molecule has 15 heavy (non-hydrogen) atoms. The van der Waals surface area contributed by atoms with Crippen molar-refractivity contribution in [1.29, 1.82) is 0 Å². The molecule has 5 nitrogen and oxygen atoms in total. The Bertz CT molecular complexity index is 465. The van der Waals surface area contributed by atoms with E-state index in [9.17, 15) is 4.79 Å². The Morgan fingerprint density at radius 3 is 3.07 bits per heavy atom. The highest BCUT2D eigenvalue weighted by Crippen LogP contribution is 2.16. The van der Waals surface area contributed by atoms with Gasteiger partial charge in [0.15, 0.2) is 0 Å². The monoisotopic (exact) mass is 204 g/mol. The predicted octanol–water partition coefficient (Wildman–Crippen LogP) is 1.36. The molecule has 0 spiro atoms. The van der Waals surface area contributed by atoms with Gasteiger partial charge in [-0.15, -0.1) is 0 Å². The molecule has 2 rings (SSSR count). The zero-order chi connectivity index (χ0) is 10.7. The molecular weight excluding hydrogens is 196 g/mol. The lowest BCUT2D eigenvalue weighted by Crippen LogP contribution is -1.99. The van der Waals surface area contributed by atoms with Crippen molar-refractivity contribution in [2.24, 2.45) is 0 Å². The van der Waals surface area contributed by atoms with Gasteiger partial charge in [0.2, 0.25) is 5.89 Å². The van der Waals surface area contributed by atoms with Gasteiger partial charge in [0.25, 0.3) is 0 Å². The fourth-order valence-electron chi connectivity index (χ4n) is 1.16. The molecule has 0 atom stereocenters. The van der Waals surface area contributed by atoms with E-state index in [4.69, 9.17) is 9.52 Å². The largest absolute Gasteiger partial charge is 0.481 e. The van der Waals surface area contributed by atoms with Crippen molar-refractivity contribution in [3.8, 4) is 11.5 Å². The van der Waals surface area contributed by atoms with Crippen LogP contribution in [0.15, 0.2) is 35.2 Å². The average molecular weight is 204 g/mol. The van der Waals surface area contributed by atoms with Crippen LogP contribution in [-0.4, -0.2) is 21.0 Å². The van der Waals surface area contributed by atoms with Gasteiger partial charge in [-0.2, -0.15) is 0 Å². The molecule has 0 aliphatic rings. The number of nitrogens with zero attached hydrogens (tertiary/aromatic N) is 2. The van der Waals surface area contributed by atoms with Gasteiger partial charge in [0.1, 0.15) is 6.26 Å². The number of rotatable bonds is 3. The molecule has 0 aliphatic carbocycles. The lowest BCUT2D eigenvalue weighted by molar-refractivity contribution is -0.136. The fraction of sp³-hybridized carbons (Fsp3) is 0.100. The summed E-state index contributed by atoms with van der Waals surface area (Å²) in [5.41, 5.74) is 1.13. The lowest BCUT2D eigenvalue weighted by atomic mass is 10.3. The van der Waals surface area contributed by atoms with Crippen molar-refractivity contribution < 1.29 is 14.3 Å². The summed E-state index contributed by atoms with van der Waals surface area (Å²) in [6, 6.07) is 3.56. The number of hydrogen-bond acceptors (Lipinski definition) is 4. The highest BCUT2D eigenvalue weighted by Gasteiger charge is 2.08. The van der Waals surface area contributed by atoms with Gasteiger partial charge in [-0.05, 0) is 12.1 Å². The normalized spacial score (nSPS) is 10.1. The first-order chi connectivity index (χ1) is 7.25. The number of pyridine rings is 1. The van der Waals surface area contributed by atoms with Gasteiger partial charge in [-0.3, -0.25) is 9.78 Å². The summed E-state index contributed by atoms with van der Waals surface area (Å²) in [7, 11) is 0. The van der Waals surface area contributed by atoms with Crippen LogP contribution in [-0.2, 0) is 11.2 Å². The van der Waals surface area contributed by atoms with Crippen molar-refractivity contribution in [3.63, 3.8) is 0 Å². The van der Waals surface area contributed by atoms with Crippen LogP contribution in [0.3, 0.4) is 0 Å². The number of carbonyl (C=O) groups is 1. The number of carboxylic acids is 1. The zero-order valence-electron chi connectivity index (χ0n) is 7.75. The molecule has 5 heteroatoms. The van der Waals surface area contributed by atoms with Gasteiger partial charge in [0.05, 0.1) is 17.7 Å². The Labute approximate surface area is 85.4 Å². The highest BCUT2D eigenvalue weighted by atomic mass is 16.4. The van der Waals surface area contributed by atoms with Crippen molar-refractivity contribution >= 4 is 5.97 Å². The molecule has 76 valence electrons. The number of aliphatic carboxylic acids is 1. The molecule has 2 heterocycles. The number of carboxylic acid groups (broad SMARTS) is 1. The first kappa shape index (κ1) is 9.39. The first-order valence-corrected chi connectivity index (χ1v) is 4.32. The summed E-state index contributed by atoms with van der Waals surface area (Å²) in [6.45, 7) is 0. The van der Waals surface area contributed by atoms with Gasteiger partial charge < -0.3 is 9.52 Å². The van der Waals surface area contributed by atoms with Gasteiger partial charge in [-0.1, -0.05) is 0 Å². The minimum atomic E-state index is -0.930. The predicted molar refractivity (Wildman–Crippen MR) is 51.1 cm³/mol. The van der Waals surface area contributed by atoms with Crippen LogP contribution < -0.4 is 0 Å². The zero-order valence-corrected chi connectivity index (χ0v) is 7.75. The summed E-state index contributed by atoms with van der Waals surface area (Å²) >= 11 is 0. The van der Waals surface area contributed by atoms with Crippen LogP contribution in [0.1, 0.15) is 5.69 Å². The highest BCUT2D eigenvalue weighted by molar-refractivity contribution is 5.69. The molecule has 0 amide bonds. The average Bonchev–Trinajstić information content (AvgIpc) is 2.67. The number of hydrogen-bond donors (Lipinski definition) is 1. The van der Waals surface area contributed by atoms with Crippen LogP contribution in [0, 0.1) is 0 Å². The molecule has 2 aromatic rings. The van der Waals surface area contributed by atoms with Crippen molar-refractivity contribution in [2.75, 3.05) is 0 Å². The fourth-order valence-corrected chi connectivity index (χ4v) is 1.16. The van der Waals surface area contributed by atoms with E-state index in [0.717, 1.165) is 5.56 Å². The Balaban J connectivity index is 2.24. The van der Waals surface area contributed by atoms with E-state index in [2.05, 4.69) is 9.97 Å². The van der Waals surface area contributed by atoms with E-state index in [1.807, 2.05) is 0 Å². The summed E-state index contributed by atoms with van der Waals surface area (Å²) in [5.74, 6) is -0.541. The van der Waals surface area contributed by atoms with E-state index in [1.54, 1.807) is 24.5 Å². The Morgan fingerprint density at radius 1 is 1.53 bits per heavy atom. The third-order valence-corrected chi connectivity index (χ3v) is 1.79. The van der Waals surface area contributed by atoms with Crippen LogP contribution in [0.25, 0.3) is 11.5 Å². The first-order valence-electron chi connectivity index (χ1n) is 4.32. The molecule has 0 aromatic carbocycles. The molecule has 2 aromatic heterocycles. The number of oxazole rings is 1. The van der Waals surface area contributed by atoms with Crippen LogP contribution >= 0.6 is 0 Å². The third kappa shape index (κ3) is 2.19. The standard InChI is InChI=1S/C10H8N2O3/c13-9(14)4-8-6-15-10(12-8)7-2-1-3-11-5-7/h1-3,5-6H,4H2,(H,13,14). The summed E-state index contributed by atoms with van der Waals surface area (Å²) < 4.78 is 5.14. The van der Waals surface area contributed by atoms with Crippen molar-refractivity contribution in [3.05, 3.63) is 36.5 Å². The van der Waals surface area contributed by atoms with E-state index >= 15 is 0 Å². The van der Waals surface area contributed by atoms with Crippen LogP contribution in [0.4, 0.5) is 0 Å².